The van der Waals surface area contributed by atoms with Gasteiger partial charge < -0.3 is 4.74 Å². The molecule has 82 valence electrons. The van der Waals surface area contributed by atoms with Gasteiger partial charge in [-0.1, -0.05) is 6.07 Å². The van der Waals surface area contributed by atoms with Crippen LogP contribution in [-0.2, 0) is 10.7 Å². The number of ether oxygens (including phenoxy) is 1. The van der Waals surface area contributed by atoms with Crippen LogP contribution in [0.25, 0.3) is 0 Å². The van der Waals surface area contributed by atoms with Crippen molar-refractivity contribution in [1.29, 1.82) is 0 Å². The number of benzene rings is 1. The average molecular weight is 247 g/mol. The van der Waals surface area contributed by atoms with E-state index >= 15 is 0 Å². The molecule has 0 aromatic heterocycles. The fraction of sp³-hybridized carbons (Fsp3) is 0.364. The number of methoxy groups -OCH3 is 1. The first-order chi connectivity index (χ1) is 7.10. The van der Waals surface area contributed by atoms with Gasteiger partial charge in [-0.25, -0.2) is 0 Å². The summed E-state index contributed by atoms with van der Waals surface area (Å²) in [7, 11) is 1.58. The van der Waals surface area contributed by atoms with Crippen LogP contribution in [0.2, 0.25) is 0 Å². The number of halogens is 2. The molecule has 0 aliphatic carbocycles. The monoisotopic (exact) mass is 246 g/mol. The standard InChI is InChI=1S/C11H12Cl2O2/c1-7(14)11(13)10-4-3-9(15-2)5-8(10)6-12/h3-5,11H,6H2,1-2H3. The lowest BCUT2D eigenvalue weighted by Crippen LogP contribution is -2.04. The number of hydrogen-bond acceptors (Lipinski definition) is 2. The highest BCUT2D eigenvalue weighted by Gasteiger charge is 2.16. The number of rotatable bonds is 4. The van der Waals surface area contributed by atoms with E-state index in [1.165, 1.54) is 6.92 Å². The Morgan fingerprint density at radius 1 is 1.53 bits per heavy atom. The summed E-state index contributed by atoms with van der Waals surface area (Å²) in [6.07, 6.45) is 0. The predicted molar refractivity (Wildman–Crippen MR) is 61.8 cm³/mol. The lowest BCUT2D eigenvalue weighted by molar-refractivity contribution is -0.116. The summed E-state index contributed by atoms with van der Waals surface area (Å²) in [5, 5.41) is -0.635. The van der Waals surface area contributed by atoms with Gasteiger partial charge in [0.2, 0.25) is 0 Å². The summed E-state index contributed by atoms with van der Waals surface area (Å²) in [6, 6.07) is 5.33. The van der Waals surface area contributed by atoms with Gasteiger partial charge in [0.15, 0.2) is 5.78 Å². The second-order valence-corrected chi connectivity index (χ2v) is 3.88. The molecule has 2 nitrogen and oxygen atoms in total. The Bertz CT molecular complexity index is 364. The van der Waals surface area contributed by atoms with E-state index in [0.717, 1.165) is 11.1 Å². The molecule has 0 amide bonds. The quantitative estimate of drug-likeness (QED) is 0.763. The molecule has 0 saturated carbocycles. The van der Waals surface area contributed by atoms with Gasteiger partial charge in [0.1, 0.15) is 11.1 Å². The van der Waals surface area contributed by atoms with E-state index in [0.29, 0.717) is 11.6 Å². The number of hydrogen-bond donors (Lipinski definition) is 0. The molecule has 1 rings (SSSR count). The molecule has 1 atom stereocenters. The van der Waals surface area contributed by atoms with Gasteiger partial charge >= 0.3 is 0 Å². The molecule has 0 heterocycles. The fourth-order valence-electron chi connectivity index (χ4n) is 1.29. The van der Waals surface area contributed by atoms with Crippen LogP contribution in [0.3, 0.4) is 0 Å². The van der Waals surface area contributed by atoms with E-state index < -0.39 is 5.38 Å². The van der Waals surface area contributed by atoms with Crippen LogP contribution in [0, 0.1) is 0 Å². The summed E-state index contributed by atoms with van der Waals surface area (Å²) in [5.41, 5.74) is 1.58. The van der Waals surface area contributed by atoms with Gasteiger partial charge in [-0.15, -0.1) is 23.2 Å². The Labute approximate surface area is 99.1 Å². The van der Waals surface area contributed by atoms with E-state index in [1.807, 2.05) is 0 Å². The third-order valence-electron chi connectivity index (χ3n) is 2.12. The summed E-state index contributed by atoms with van der Waals surface area (Å²) >= 11 is 11.8. The maximum Gasteiger partial charge on any atom is 0.152 e. The predicted octanol–water partition coefficient (Wildman–Crippen LogP) is 3.30. The van der Waals surface area contributed by atoms with Crippen molar-refractivity contribution in [3.05, 3.63) is 29.3 Å². The number of carbonyl (C=O) groups excluding carboxylic acids is 1. The Hall–Kier alpha value is -0.730. The Morgan fingerprint density at radius 3 is 2.67 bits per heavy atom. The van der Waals surface area contributed by atoms with Crippen LogP contribution < -0.4 is 4.74 Å². The first-order valence-corrected chi connectivity index (χ1v) is 5.44. The first-order valence-electron chi connectivity index (χ1n) is 4.47. The first kappa shape index (κ1) is 12.3. The van der Waals surface area contributed by atoms with E-state index in [1.54, 1.807) is 25.3 Å². The Kier molecular flexibility index (Phi) is 4.43. The number of alkyl halides is 2. The van der Waals surface area contributed by atoms with Crippen molar-refractivity contribution in [1.82, 2.24) is 0 Å². The van der Waals surface area contributed by atoms with Crippen molar-refractivity contribution in [3.63, 3.8) is 0 Å². The molecular formula is C11H12Cl2O2. The van der Waals surface area contributed by atoms with Crippen LogP contribution in [0.5, 0.6) is 5.75 Å². The van der Waals surface area contributed by atoms with Crippen LogP contribution in [0.15, 0.2) is 18.2 Å². The van der Waals surface area contributed by atoms with Crippen LogP contribution in [0.1, 0.15) is 23.4 Å². The highest BCUT2D eigenvalue weighted by Crippen LogP contribution is 2.29. The van der Waals surface area contributed by atoms with Crippen molar-refractivity contribution in [2.45, 2.75) is 18.2 Å². The van der Waals surface area contributed by atoms with E-state index in [9.17, 15) is 4.79 Å². The van der Waals surface area contributed by atoms with E-state index in [4.69, 9.17) is 27.9 Å². The third-order valence-corrected chi connectivity index (χ3v) is 2.95. The summed E-state index contributed by atoms with van der Waals surface area (Å²) in [6.45, 7) is 1.46. The zero-order chi connectivity index (χ0) is 11.4. The molecule has 4 heteroatoms. The minimum Gasteiger partial charge on any atom is -0.497 e. The molecule has 1 aromatic rings. The van der Waals surface area contributed by atoms with Gasteiger partial charge in [-0.2, -0.15) is 0 Å². The normalized spacial score (nSPS) is 12.3. The van der Waals surface area contributed by atoms with Crippen molar-refractivity contribution < 1.29 is 9.53 Å². The zero-order valence-electron chi connectivity index (χ0n) is 8.59. The largest absolute Gasteiger partial charge is 0.497 e. The summed E-state index contributed by atoms with van der Waals surface area (Å²) in [5.74, 6) is 0.929. The van der Waals surface area contributed by atoms with Crippen molar-refractivity contribution in [2.75, 3.05) is 7.11 Å². The highest BCUT2D eigenvalue weighted by atomic mass is 35.5. The lowest BCUT2D eigenvalue weighted by Gasteiger charge is -2.12. The molecule has 15 heavy (non-hydrogen) atoms. The summed E-state index contributed by atoms with van der Waals surface area (Å²) in [4.78, 5) is 11.2. The van der Waals surface area contributed by atoms with Gasteiger partial charge in [0.05, 0.1) is 7.11 Å². The molecule has 0 aliphatic heterocycles. The minimum atomic E-state index is -0.635. The van der Waals surface area contributed by atoms with Gasteiger partial charge in [0.25, 0.3) is 0 Å². The highest BCUT2D eigenvalue weighted by molar-refractivity contribution is 6.31. The van der Waals surface area contributed by atoms with Crippen LogP contribution in [0.4, 0.5) is 0 Å². The lowest BCUT2D eigenvalue weighted by atomic mass is 10.0. The molecule has 0 spiro atoms. The molecule has 1 aromatic carbocycles. The van der Waals surface area contributed by atoms with Gasteiger partial charge in [-0.05, 0) is 30.2 Å². The topological polar surface area (TPSA) is 26.3 Å². The van der Waals surface area contributed by atoms with Crippen LogP contribution in [-0.4, -0.2) is 12.9 Å². The molecule has 0 saturated heterocycles. The van der Waals surface area contributed by atoms with Crippen LogP contribution >= 0.6 is 23.2 Å². The molecule has 0 radical (unpaired) electrons. The molecule has 1 unspecified atom stereocenters. The smallest absolute Gasteiger partial charge is 0.152 e. The maximum atomic E-state index is 11.2. The fourth-order valence-corrected chi connectivity index (χ4v) is 1.74. The summed E-state index contributed by atoms with van der Waals surface area (Å²) < 4.78 is 5.07. The maximum absolute atomic E-state index is 11.2. The van der Waals surface area contributed by atoms with Gasteiger partial charge in [0, 0.05) is 5.88 Å². The van der Waals surface area contributed by atoms with Crippen molar-refractivity contribution in [2.24, 2.45) is 0 Å². The van der Waals surface area contributed by atoms with Crippen molar-refractivity contribution >= 4 is 29.0 Å². The van der Waals surface area contributed by atoms with E-state index in [-0.39, 0.29) is 5.78 Å². The second kappa shape index (κ2) is 5.38. The van der Waals surface area contributed by atoms with E-state index in [2.05, 4.69) is 0 Å². The number of ketones is 1. The van der Waals surface area contributed by atoms with Crippen molar-refractivity contribution in [3.8, 4) is 5.75 Å². The molecule has 0 N–H and O–H groups in total. The molecule has 0 fully saturated rings. The Balaban J connectivity index is 3.12. The second-order valence-electron chi connectivity index (χ2n) is 3.17. The Morgan fingerprint density at radius 2 is 2.20 bits per heavy atom. The minimum absolute atomic E-state index is 0.0896. The number of carbonyl (C=O) groups is 1. The average Bonchev–Trinajstić information content (AvgIpc) is 2.27. The molecule has 0 bridgehead atoms. The SMILES string of the molecule is COc1ccc(C(Cl)C(C)=O)c(CCl)c1. The molecule has 0 aliphatic rings. The molecular weight excluding hydrogens is 235 g/mol. The zero-order valence-corrected chi connectivity index (χ0v) is 10.1. The number of Topliss-reactive ketones (excluding diaryl/α,β-unsaturated/α-hetero) is 1. The third kappa shape index (κ3) is 2.86. The van der Waals surface area contributed by atoms with Gasteiger partial charge in [-0.3, -0.25) is 4.79 Å².